The third-order valence-electron chi connectivity index (χ3n) is 0. The minimum Gasteiger partial charge on any atom is -0.203 e. The Balaban J connectivity index is -0.000000000714. The third kappa shape index (κ3) is 3680. The van der Waals surface area contributed by atoms with Gasteiger partial charge >= 0.3 is 0 Å². The molecule has 1 nitrogen and oxygen atoms in total. The van der Waals surface area contributed by atoms with Crippen LogP contribution in [0.1, 0.15) is 59.4 Å². The Bertz CT molecular complexity index is 21.6. The first-order valence-electron chi connectivity index (χ1n) is 0.441. The van der Waals surface area contributed by atoms with Gasteiger partial charge in [-0.3, -0.25) is 0 Å². The lowest BCUT2D eigenvalue weighted by molar-refractivity contribution is 2.12. The predicted molar refractivity (Wildman–Crippen MR) is 73.4 cm³/mol. The molecule has 0 N–H and O–H groups in total. The second-order valence-corrected chi connectivity index (χ2v) is 0.949. The van der Waals surface area contributed by atoms with Crippen LogP contribution in [0.25, 0.3) is 0 Å². The standard InChI is InChI=1S/8CH4.H2NPS/c;;;;;;;;2-1-3/h8*1H4;2H2. The van der Waals surface area contributed by atoms with Crippen molar-refractivity contribution >= 4 is 21.8 Å². The Morgan fingerprint density at radius 1 is 0.636 bits per heavy atom. The summed E-state index contributed by atoms with van der Waals surface area (Å²) in [7, 11) is 2.02. The lowest BCUT2D eigenvalue weighted by atomic mass is 12.0. The van der Waals surface area contributed by atoms with E-state index in [-0.39, 0.29) is 59.4 Å². The molecular weight excluding hydrogens is 173 g/mol. The van der Waals surface area contributed by atoms with Crippen molar-refractivity contribution in [1.29, 1.82) is 0 Å². The highest BCUT2D eigenvalue weighted by molar-refractivity contribution is 7.51. The fourth-order valence-electron chi connectivity index (χ4n) is 0. The van der Waals surface area contributed by atoms with Gasteiger partial charge in [0.15, 0.2) is 0 Å². The van der Waals surface area contributed by atoms with Crippen LogP contribution >= 0.6 is 9.39 Å². The average Bonchev–Trinajstić information content (AvgIpc) is 0.918. The molecule has 0 fully saturated rings. The van der Waals surface area contributed by atoms with Gasteiger partial charge in [-0.15, -0.1) is 0 Å². The fraction of sp³-hybridized carbons (Fsp3) is 1.00. The van der Waals surface area contributed by atoms with E-state index in [0.29, 0.717) is 0 Å². The van der Waals surface area contributed by atoms with Crippen molar-refractivity contribution in [2.24, 2.45) is 4.13 Å². The largest absolute Gasteiger partial charge is 0.203 e. The van der Waals surface area contributed by atoms with Crippen LogP contribution < -0.4 is 0 Å². The SMILES string of the molecule is C.C.C.C.C.C.C.C.PN=S. The molecule has 0 aromatic heterocycles. The van der Waals surface area contributed by atoms with Crippen LogP contribution in [-0.2, 0) is 12.4 Å². The van der Waals surface area contributed by atoms with Crippen molar-refractivity contribution in [3.63, 3.8) is 0 Å². The van der Waals surface area contributed by atoms with Crippen LogP contribution in [0.15, 0.2) is 4.13 Å². The van der Waals surface area contributed by atoms with E-state index < -0.39 is 0 Å². The lowest BCUT2D eigenvalue weighted by Crippen LogP contribution is -0.921. The van der Waals surface area contributed by atoms with Gasteiger partial charge in [0.25, 0.3) is 0 Å². The smallest absolute Gasteiger partial charge is 0.0392 e. The number of hydrogen-bond acceptors (Lipinski definition) is 2. The lowest BCUT2D eigenvalue weighted by Gasteiger charge is -1.32. The van der Waals surface area contributed by atoms with Crippen molar-refractivity contribution in [3.05, 3.63) is 0 Å². The molecule has 0 aromatic carbocycles. The fourth-order valence-corrected chi connectivity index (χ4v) is 0. The molecule has 0 aliphatic rings. The quantitative estimate of drug-likeness (QED) is 0.471. The molecule has 82 valence electrons. The third-order valence-corrected chi connectivity index (χ3v) is 0. The second kappa shape index (κ2) is 444. The summed E-state index contributed by atoms with van der Waals surface area (Å²) in [4.78, 5) is 0. The molecule has 3 heteroatoms. The van der Waals surface area contributed by atoms with Gasteiger partial charge < -0.3 is 0 Å². The minimum atomic E-state index is 0. The molecule has 0 aliphatic heterocycles. The molecule has 0 bridgehead atoms. The molecular formula is C8H34NPS. The van der Waals surface area contributed by atoms with Crippen LogP contribution in [0.4, 0.5) is 0 Å². The van der Waals surface area contributed by atoms with Crippen LogP contribution in [0.5, 0.6) is 0 Å². The van der Waals surface area contributed by atoms with Crippen molar-refractivity contribution < 1.29 is 0 Å². The molecule has 0 radical (unpaired) electrons. The van der Waals surface area contributed by atoms with E-state index in [4.69, 9.17) is 0 Å². The predicted octanol–water partition coefficient (Wildman–Crippen LogP) is 5.60. The van der Waals surface area contributed by atoms with Gasteiger partial charge in [-0.2, -0.15) is 0 Å². The molecule has 0 amide bonds. The van der Waals surface area contributed by atoms with E-state index in [1.807, 2.05) is 9.39 Å². The van der Waals surface area contributed by atoms with Gasteiger partial charge in [-0.05, 0) is 0 Å². The summed E-state index contributed by atoms with van der Waals surface area (Å²) < 4.78 is 3.00. The number of rotatable bonds is 0. The molecule has 0 aromatic rings. The van der Waals surface area contributed by atoms with Crippen LogP contribution in [0.3, 0.4) is 0 Å². The highest BCUT2D eigenvalue weighted by Gasteiger charge is 1.14. The Morgan fingerprint density at radius 3 is 0.636 bits per heavy atom. The molecule has 0 rings (SSSR count). The summed E-state index contributed by atoms with van der Waals surface area (Å²) in [5, 5.41) is 0. The Morgan fingerprint density at radius 2 is 0.636 bits per heavy atom. The summed E-state index contributed by atoms with van der Waals surface area (Å²) in [5.74, 6) is 0. The molecule has 1 unspecified atom stereocenters. The number of hydrogen-bond donors (Lipinski definition) is 0. The van der Waals surface area contributed by atoms with Crippen molar-refractivity contribution in [2.75, 3.05) is 0 Å². The first-order chi connectivity index (χ1) is 1.41. The zero-order chi connectivity index (χ0) is 2.71. The van der Waals surface area contributed by atoms with Crippen molar-refractivity contribution in [3.8, 4) is 0 Å². The molecule has 0 heterocycles. The monoisotopic (exact) mass is 207 g/mol. The summed E-state index contributed by atoms with van der Waals surface area (Å²) in [6, 6.07) is 0. The van der Waals surface area contributed by atoms with E-state index in [1.54, 1.807) is 0 Å². The average molecular weight is 207 g/mol. The Labute approximate surface area is 85.8 Å². The molecule has 1 atom stereocenters. The van der Waals surface area contributed by atoms with Crippen molar-refractivity contribution in [1.82, 2.24) is 0 Å². The number of nitrogens with zero attached hydrogens (tertiary/aromatic N) is 1. The van der Waals surface area contributed by atoms with Crippen LogP contribution in [0, 0.1) is 0 Å². The van der Waals surface area contributed by atoms with Gasteiger partial charge in [0.1, 0.15) is 0 Å². The van der Waals surface area contributed by atoms with Gasteiger partial charge in [0.05, 0.1) is 0 Å². The molecule has 0 spiro atoms. The van der Waals surface area contributed by atoms with Gasteiger partial charge in [0, 0.05) is 21.8 Å². The van der Waals surface area contributed by atoms with Gasteiger partial charge in [-0.1, -0.05) is 59.4 Å². The van der Waals surface area contributed by atoms with E-state index in [9.17, 15) is 0 Å². The molecule has 11 heavy (non-hydrogen) atoms. The molecule has 0 saturated carbocycles. The second-order valence-electron chi connectivity index (χ2n) is 0.105. The highest BCUT2D eigenvalue weighted by Crippen LogP contribution is 1.69. The van der Waals surface area contributed by atoms with Crippen LogP contribution in [0.2, 0.25) is 0 Å². The van der Waals surface area contributed by atoms with Crippen molar-refractivity contribution in [2.45, 2.75) is 59.4 Å². The van der Waals surface area contributed by atoms with E-state index in [0.717, 1.165) is 0 Å². The van der Waals surface area contributed by atoms with E-state index in [1.165, 1.54) is 0 Å². The maximum Gasteiger partial charge on any atom is 0.0392 e. The zero-order valence-corrected chi connectivity index (χ0v) is 3.40. The zero-order valence-electron chi connectivity index (χ0n) is 1.43. The van der Waals surface area contributed by atoms with E-state index >= 15 is 0 Å². The topological polar surface area (TPSA) is 12.4 Å². The van der Waals surface area contributed by atoms with Gasteiger partial charge in [-0.25, -0.2) is 4.13 Å². The molecule has 0 saturated heterocycles. The normalized spacial score (nSPS) is 1.18. The molecule has 0 aliphatic carbocycles. The first kappa shape index (κ1) is 208. The summed E-state index contributed by atoms with van der Waals surface area (Å²) in [6.07, 6.45) is 0. The summed E-state index contributed by atoms with van der Waals surface area (Å²) in [5.41, 5.74) is 0. The first-order valence-corrected chi connectivity index (χ1v) is 1.32. The van der Waals surface area contributed by atoms with Gasteiger partial charge in [0.2, 0.25) is 0 Å². The summed E-state index contributed by atoms with van der Waals surface area (Å²) in [6.45, 7) is 0. The maximum absolute atomic E-state index is 3.98. The Hall–Kier alpha value is 0.450. The minimum absolute atomic E-state index is 0. The maximum atomic E-state index is 3.98. The Kier molecular flexibility index (Phi) is 8410. The summed E-state index contributed by atoms with van der Waals surface area (Å²) >= 11 is 3.98. The highest BCUT2D eigenvalue weighted by atomic mass is 32.1. The van der Waals surface area contributed by atoms with Crippen LogP contribution in [-0.4, -0.2) is 0 Å². The van der Waals surface area contributed by atoms with E-state index in [2.05, 4.69) is 16.6 Å².